The molecule has 0 aromatic carbocycles. The second kappa shape index (κ2) is 5.42. The molecule has 6 heteroatoms. The van der Waals surface area contributed by atoms with Gasteiger partial charge in [-0.25, -0.2) is 4.79 Å². The lowest BCUT2D eigenvalue weighted by atomic mass is 9.83. The van der Waals surface area contributed by atoms with E-state index in [1.54, 1.807) is 32.9 Å². The number of hydrogen-bond donors (Lipinski definition) is 1. The highest BCUT2D eigenvalue weighted by Gasteiger charge is 2.47. The number of furan rings is 1. The topological polar surface area (TPSA) is 80.0 Å². The van der Waals surface area contributed by atoms with E-state index < -0.39 is 23.1 Å². The zero-order valence-corrected chi connectivity index (χ0v) is 12.6. The van der Waals surface area contributed by atoms with E-state index in [1.807, 2.05) is 0 Å². The molecule has 21 heavy (non-hydrogen) atoms. The van der Waals surface area contributed by atoms with Gasteiger partial charge >= 0.3 is 12.1 Å². The van der Waals surface area contributed by atoms with E-state index >= 15 is 0 Å². The molecule has 1 amide bonds. The maximum Gasteiger partial charge on any atom is 0.410 e. The second-order valence-electron chi connectivity index (χ2n) is 6.49. The van der Waals surface area contributed by atoms with E-state index in [9.17, 15) is 14.7 Å². The van der Waals surface area contributed by atoms with E-state index in [0.29, 0.717) is 18.7 Å². The van der Waals surface area contributed by atoms with Crippen LogP contribution in [0.4, 0.5) is 4.79 Å². The summed E-state index contributed by atoms with van der Waals surface area (Å²) in [6, 6.07) is 3.48. The molecule has 0 saturated carbocycles. The van der Waals surface area contributed by atoms with Gasteiger partial charge in [-0.1, -0.05) is 0 Å². The van der Waals surface area contributed by atoms with E-state index in [-0.39, 0.29) is 13.0 Å². The van der Waals surface area contributed by atoms with Crippen molar-refractivity contribution in [1.29, 1.82) is 0 Å². The maximum absolute atomic E-state index is 12.1. The summed E-state index contributed by atoms with van der Waals surface area (Å²) in [6.07, 6.45) is 1.72. The number of amides is 1. The van der Waals surface area contributed by atoms with Gasteiger partial charge in [-0.3, -0.25) is 4.79 Å². The van der Waals surface area contributed by atoms with Gasteiger partial charge < -0.3 is 19.2 Å². The first-order chi connectivity index (χ1) is 9.72. The number of likely N-dealkylation sites (tertiary alicyclic amines) is 1. The van der Waals surface area contributed by atoms with Crippen LogP contribution in [0.3, 0.4) is 0 Å². The summed E-state index contributed by atoms with van der Waals surface area (Å²) < 4.78 is 10.5. The summed E-state index contributed by atoms with van der Waals surface area (Å²) in [5.74, 6) is -0.298. The highest BCUT2D eigenvalue weighted by Crippen LogP contribution is 2.35. The Morgan fingerprint density at radius 2 is 2.19 bits per heavy atom. The van der Waals surface area contributed by atoms with Crippen molar-refractivity contribution in [2.45, 2.75) is 39.2 Å². The molecular weight excluding hydrogens is 274 g/mol. The highest BCUT2D eigenvalue weighted by molar-refractivity contribution is 5.78. The Kier molecular flexibility index (Phi) is 3.98. The molecule has 1 saturated heterocycles. The van der Waals surface area contributed by atoms with Crippen molar-refractivity contribution in [3.63, 3.8) is 0 Å². The number of hydrogen-bond acceptors (Lipinski definition) is 4. The van der Waals surface area contributed by atoms with Crippen molar-refractivity contribution in [1.82, 2.24) is 4.90 Å². The number of carbonyl (C=O) groups excluding carboxylic acids is 1. The molecule has 0 bridgehead atoms. The molecule has 1 aliphatic heterocycles. The molecule has 1 unspecified atom stereocenters. The fourth-order valence-corrected chi connectivity index (χ4v) is 2.50. The van der Waals surface area contributed by atoms with Crippen LogP contribution >= 0.6 is 0 Å². The van der Waals surface area contributed by atoms with Crippen LogP contribution in [0.1, 0.15) is 33.0 Å². The SMILES string of the molecule is CC(C)(C)OC(=O)N1CCC(Cc2ccco2)(C(=O)O)C1. The molecule has 0 spiro atoms. The summed E-state index contributed by atoms with van der Waals surface area (Å²) >= 11 is 0. The zero-order chi connectivity index (χ0) is 15.7. The van der Waals surface area contributed by atoms with Gasteiger partial charge in [0.05, 0.1) is 11.7 Å². The Balaban J connectivity index is 2.09. The predicted octanol–water partition coefficient (Wildman–Crippen LogP) is 2.53. The van der Waals surface area contributed by atoms with Crippen LogP contribution in [-0.2, 0) is 16.0 Å². The summed E-state index contributed by atoms with van der Waals surface area (Å²) in [5.41, 5.74) is -1.60. The minimum absolute atomic E-state index is 0.137. The van der Waals surface area contributed by atoms with Gasteiger partial charge in [0.1, 0.15) is 11.4 Å². The molecular formula is C15H21NO5. The van der Waals surface area contributed by atoms with E-state index in [1.165, 1.54) is 11.2 Å². The maximum atomic E-state index is 12.1. The van der Waals surface area contributed by atoms with Gasteiger partial charge in [0.25, 0.3) is 0 Å². The number of aliphatic carboxylic acids is 1. The smallest absolute Gasteiger partial charge is 0.410 e. The second-order valence-corrected chi connectivity index (χ2v) is 6.49. The van der Waals surface area contributed by atoms with Gasteiger partial charge in [0, 0.05) is 19.5 Å². The minimum Gasteiger partial charge on any atom is -0.481 e. The number of rotatable bonds is 3. The van der Waals surface area contributed by atoms with Crippen molar-refractivity contribution >= 4 is 12.1 Å². The molecule has 1 aliphatic rings. The zero-order valence-electron chi connectivity index (χ0n) is 12.6. The number of carboxylic acid groups (broad SMARTS) is 1. The quantitative estimate of drug-likeness (QED) is 0.927. The number of carboxylic acids is 1. The lowest BCUT2D eigenvalue weighted by Gasteiger charge is -2.26. The summed E-state index contributed by atoms with van der Waals surface area (Å²) in [6.45, 7) is 5.87. The number of nitrogens with zero attached hydrogens (tertiary/aromatic N) is 1. The minimum atomic E-state index is -1.01. The normalized spacial score (nSPS) is 22.3. The Morgan fingerprint density at radius 3 is 2.71 bits per heavy atom. The van der Waals surface area contributed by atoms with Gasteiger partial charge in [-0.2, -0.15) is 0 Å². The molecule has 2 heterocycles. The molecule has 1 aromatic heterocycles. The summed E-state index contributed by atoms with van der Waals surface area (Å²) in [5, 5.41) is 9.57. The first-order valence-electron chi connectivity index (χ1n) is 6.96. The monoisotopic (exact) mass is 295 g/mol. The standard InChI is InChI=1S/C15H21NO5/c1-14(2,3)21-13(19)16-7-6-15(10-16,12(17)18)9-11-5-4-8-20-11/h4-5,8H,6-7,9-10H2,1-3H3,(H,17,18). The highest BCUT2D eigenvalue weighted by atomic mass is 16.6. The van der Waals surface area contributed by atoms with Crippen LogP contribution in [0.25, 0.3) is 0 Å². The Labute approximate surface area is 123 Å². The first-order valence-corrected chi connectivity index (χ1v) is 6.96. The van der Waals surface area contributed by atoms with Gasteiger partial charge in [-0.05, 0) is 39.3 Å². The van der Waals surface area contributed by atoms with Crippen molar-refractivity contribution in [3.8, 4) is 0 Å². The number of carbonyl (C=O) groups is 2. The fourth-order valence-electron chi connectivity index (χ4n) is 2.50. The van der Waals surface area contributed by atoms with Crippen molar-refractivity contribution in [2.75, 3.05) is 13.1 Å². The molecule has 0 aliphatic carbocycles. The van der Waals surface area contributed by atoms with Crippen LogP contribution in [-0.4, -0.2) is 40.8 Å². The third-order valence-corrected chi connectivity index (χ3v) is 3.55. The van der Waals surface area contributed by atoms with Crippen molar-refractivity contribution in [2.24, 2.45) is 5.41 Å². The van der Waals surface area contributed by atoms with Crippen molar-refractivity contribution < 1.29 is 23.8 Å². The van der Waals surface area contributed by atoms with E-state index in [2.05, 4.69) is 0 Å². The largest absolute Gasteiger partial charge is 0.481 e. The molecule has 1 N–H and O–H groups in total. The average Bonchev–Trinajstić information content (AvgIpc) is 2.97. The fraction of sp³-hybridized carbons (Fsp3) is 0.600. The Hall–Kier alpha value is -1.98. The van der Waals surface area contributed by atoms with Crippen LogP contribution in [0.2, 0.25) is 0 Å². The van der Waals surface area contributed by atoms with Crippen LogP contribution in [0, 0.1) is 5.41 Å². The van der Waals surface area contributed by atoms with E-state index in [4.69, 9.17) is 9.15 Å². The molecule has 1 aromatic rings. The van der Waals surface area contributed by atoms with Crippen LogP contribution in [0.5, 0.6) is 0 Å². The molecule has 6 nitrogen and oxygen atoms in total. The third kappa shape index (κ3) is 3.56. The molecule has 116 valence electrons. The molecule has 1 fully saturated rings. The summed E-state index contributed by atoms with van der Waals surface area (Å²) in [4.78, 5) is 25.2. The van der Waals surface area contributed by atoms with Gasteiger partial charge in [0.2, 0.25) is 0 Å². The van der Waals surface area contributed by atoms with Gasteiger partial charge in [0.15, 0.2) is 0 Å². The summed E-state index contributed by atoms with van der Waals surface area (Å²) in [7, 11) is 0. The van der Waals surface area contributed by atoms with E-state index in [0.717, 1.165) is 0 Å². The molecule has 0 radical (unpaired) electrons. The average molecular weight is 295 g/mol. The first kappa shape index (κ1) is 15.4. The Bertz CT molecular complexity index is 517. The van der Waals surface area contributed by atoms with Crippen molar-refractivity contribution in [3.05, 3.63) is 24.2 Å². The van der Waals surface area contributed by atoms with Gasteiger partial charge in [-0.15, -0.1) is 0 Å². The number of ether oxygens (including phenoxy) is 1. The van der Waals surface area contributed by atoms with Crippen LogP contribution < -0.4 is 0 Å². The third-order valence-electron chi connectivity index (χ3n) is 3.55. The molecule has 1 atom stereocenters. The lowest BCUT2D eigenvalue weighted by molar-refractivity contribution is -0.148. The lowest BCUT2D eigenvalue weighted by Crippen LogP contribution is -2.40. The molecule has 2 rings (SSSR count). The Morgan fingerprint density at radius 1 is 1.48 bits per heavy atom. The van der Waals surface area contributed by atoms with Crippen LogP contribution in [0.15, 0.2) is 22.8 Å². The predicted molar refractivity (Wildman–Crippen MR) is 74.9 cm³/mol.